The average Bonchev–Trinajstić information content (AvgIpc) is 2.90. The zero-order chi connectivity index (χ0) is 18.9. The first-order valence-corrected chi connectivity index (χ1v) is 8.73. The van der Waals surface area contributed by atoms with Gasteiger partial charge in [0.25, 0.3) is 0 Å². The maximum Gasteiger partial charge on any atom is 0.226 e. The second-order valence-electron chi connectivity index (χ2n) is 7.88. The van der Waals surface area contributed by atoms with Gasteiger partial charge in [-0.15, -0.1) is 0 Å². The zero-order valence-electron chi connectivity index (χ0n) is 15.6. The topological polar surface area (TPSA) is 46.9 Å². The Morgan fingerprint density at radius 3 is 2.65 bits per heavy atom. The molecule has 0 bridgehead atoms. The minimum atomic E-state index is -0.218. The lowest BCUT2D eigenvalue weighted by Gasteiger charge is -2.17. The van der Waals surface area contributed by atoms with E-state index in [-0.39, 0.29) is 17.1 Å². The number of carbonyl (C=O) groups is 1. The molecule has 0 fully saturated rings. The van der Waals surface area contributed by atoms with Crippen LogP contribution < -0.4 is 5.32 Å². The average molecular weight is 353 g/mol. The number of hydrogen-bond donors (Lipinski definition) is 1. The van der Waals surface area contributed by atoms with Gasteiger partial charge in [-0.3, -0.25) is 4.79 Å². The summed E-state index contributed by atoms with van der Waals surface area (Å²) in [6.45, 7) is 8.43. The van der Waals surface area contributed by atoms with Gasteiger partial charge in [-0.1, -0.05) is 39.0 Å². The molecule has 0 radical (unpaired) electrons. The molecule has 2 heterocycles. The molecule has 0 saturated heterocycles. The van der Waals surface area contributed by atoms with Gasteiger partial charge in [0, 0.05) is 18.2 Å². The largest absolute Gasteiger partial charge is 0.342 e. The Bertz CT molecular complexity index is 954. The Morgan fingerprint density at radius 2 is 1.96 bits per heavy atom. The van der Waals surface area contributed by atoms with Gasteiger partial charge in [0.15, 0.2) is 0 Å². The van der Waals surface area contributed by atoms with Crippen LogP contribution in [0.1, 0.15) is 38.3 Å². The summed E-state index contributed by atoms with van der Waals surface area (Å²) in [4.78, 5) is 16.8. The number of halogens is 1. The SMILES string of the molecule is Cc1cc2c(ccn2Cc2ccccc2F)nc1NC(=O)CC(C)(C)C. The van der Waals surface area contributed by atoms with E-state index in [1.54, 1.807) is 12.1 Å². The Morgan fingerprint density at radius 1 is 1.23 bits per heavy atom. The number of aromatic nitrogens is 2. The molecule has 26 heavy (non-hydrogen) atoms. The number of aryl methyl sites for hydroxylation is 1. The van der Waals surface area contributed by atoms with E-state index in [4.69, 9.17) is 0 Å². The number of rotatable bonds is 4. The Labute approximate surface area is 153 Å². The van der Waals surface area contributed by atoms with Crippen molar-refractivity contribution in [3.8, 4) is 0 Å². The third kappa shape index (κ3) is 4.10. The second-order valence-corrected chi connectivity index (χ2v) is 7.88. The number of benzene rings is 1. The fourth-order valence-electron chi connectivity index (χ4n) is 2.94. The van der Waals surface area contributed by atoms with Crippen molar-refractivity contribution in [3.63, 3.8) is 0 Å². The van der Waals surface area contributed by atoms with E-state index < -0.39 is 0 Å². The van der Waals surface area contributed by atoms with E-state index in [1.165, 1.54) is 6.07 Å². The molecule has 1 N–H and O–H groups in total. The van der Waals surface area contributed by atoms with E-state index in [0.717, 1.165) is 16.6 Å². The van der Waals surface area contributed by atoms with Gasteiger partial charge in [-0.25, -0.2) is 9.37 Å². The van der Waals surface area contributed by atoms with Gasteiger partial charge >= 0.3 is 0 Å². The van der Waals surface area contributed by atoms with Crippen molar-refractivity contribution in [1.82, 2.24) is 9.55 Å². The highest BCUT2D eigenvalue weighted by Gasteiger charge is 2.17. The summed E-state index contributed by atoms with van der Waals surface area (Å²) in [6, 6.07) is 10.6. The van der Waals surface area contributed by atoms with Gasteiger partial charge < -0.3 is 9.88 Å². The second kappa shape index (κ2) is 6.90. The van der Waals surface area contributed by atoms with Crippen LogP contribution in [0.3, 0.4) is 0 Å². The van der Waals surface area contributed by atoms with Crippen LogP contribution in [0.2, 0.25) is 0 Å². The molecule has 0 unspecified atom stereocenters. The first-order valence-electron chi connectivity index (χ1n) is 8.73. The summed E-state index contributed by atoms with van der Waals surface area (Å²) in [7, 11) is 0. The molecule has 0 spiro atoms. The van der Waals surface area contributed by atoms with Crippen LogP contribution in [0.25, 0.3) is 11.0 Å². The van der Waals surface area contributed by atoms with Gasteiger partial charge in [-0.2, -0.15) is 0 Å². The first kappa shape index (κ1) is 18.1. The molecule has 0 aliphatic carbocycles. The predicted octanol–water partition coefficient (Wildman–Crippen LogP) is 4.91. The molecule has 1 amide bonds. The smallest absolute Gasteiger partial charge is 0.226 e. The number of nitrogens with zero attached hydrogens (tertiary/aromatic N) is 2. The third-order valence-corrected chi connectivity index (χ3v) is 4.19. The maximum atomic E-state index is 13.9. The minimum absolute atomic E-state index is 0.0433. The number of carbonyl (C=O) groups excluding carboxylic acids is 1. The maximum absolute atomic E-state index is 13.9. The van der Waals surface area contributed by atoms with Crippen molar-refractivity contribution in [2.24, 2.45) is 5.41 Å². The molecule has 1 aromatic carbocycles. The summed E-state index contributed by atoms with van der Waals surface area (Å²) in [6.07, 6.45) is 2.32. The van der Waals surface area contributed by atoms with E-state index >= 15 is 0 Å². The van der Waals surface area contributed by atoms with Crippen molar-refractivity contribution in [1.29, 1.82) is 0 Å². The van der Waals surface area contributed by atoms with Crippen LogP contribution in [-0.4, -0.2) is 15.5 Å². The van der Waals surface area contributed by atoms with Crippen LogP contribution in [0.4, 0.5) is 10.2 Å². The molecule has 0 aliphatic heterocycles. The standard InChI is InChI=1S/C21H24FN3O/c1-14-11-18-17(23-20(14)24-19(26)12-21(2,3)4)9-10-25(18)13-15-7-5-6-8-16(15)22/h5-11H,12-13H2,1-4H3,(H,23,24,26). The predicted molar refractivity (Wildman–Crippen MR) is 103 cm³/mol. The van der Waals surface area contributed by atoms with Crippen molar-refractivity contribution < 1.29 is 9.18 Å². The monoisotopic (exact) mass is 353 g/mol. The van der Waals surface area contributed by atoms with Gasteiger partial charge in [0.05, 0.1) is 17.6 Å². The van der Waals surface area contributed by atoms with E-state index in [9.17, 15) is 9.18 Å². The molecular formula is C21H24FN3O. The lowest BCUT2D eigenvalue weighted by molar-refractivity contribution is -0.117. The van der Waals surface area contributed by atoms with Crippen molar-refractivity contribution in [2.45, 2.75) is 40.7 Å². The summed E-state index contributed by atoms with van der Waals surface area (Å²) in [5, 5.41) is 2.91. The molecule has 3 aromatic rings. The van der Waals surface area contributed by atoms with Crippen molar-refractivity contribution >= 4 is 22.8 Å². The molecule has 5 heteroatoms. The number of fused-ring (bicyclic) bond motifs is 1. The molecule has 136 valence electrons. The van der Waals surface area contributed by atoms with E-state index in [1.807, 2.05) is 56.7 Å². The Balaban J connectivity index is 1.87. The van der Waals surface area contributed by atoms with E-state index in [2.05, 4.69) is 10.3 Å². The summed E-state index contributed by atoms with van der Waals surface area (Å²) < 4.78 is 15.9. The number of hydrogen-bond acceptors (Lipinski definition) is 2. The molecule has 4 nitrogen and oxygen atoms in total. The molecular weight excluding hydrogens is 329 g/mol. The quantitative estimate of drug-likeness (QED) is 0.725. The number of amides is 1. The van der Waals surface area contributed by atoms with Crippen LogP contribution in [0.5, 0.6) is 0 Å². The summed E-state index contributed by atoms with van der Waals surface area (Å²) in [5.74, 6) is 0.318. The number of nitrogens with one attached hydrogen (secondary N) is 1. The minimum Gasteiger partial charge on any atom is -0.342 e. The van der Waals surface area contributed by atoms with E-state index in [0.29, 0.717) is 24.3 Å². The molecule has 2 aromatic heterocycles. The van der Waals surface area contributed by atoms with Crippen LogP contribution >= 0.6 is 0 Å². The highest BCUT2D eigenvalue weighted by molar-refractivity contribution is 5.92. The van der Waals surface area contributed by atoms with Crippen LogP contribution in [0, 0.1) is 18.2 Å². The van der Waals surface area contributed by atoms with Crippen molar-refractivity contribution in [2.75, 3.05) is 5.32 Å². The third-order valence-electron chi connectivity index (χ3n) is 4.19. The van der Waals surface area contributed by atoms with Gasteiger partial charge in [-0.05, 0) is 36.1 Å². The summed E-state index contributed by atoms with van der Waals surface area (Å²) >= 11 is 0. The van der Waals surface area contributed by atoms with Crippen LogP contribution in [-0.2, 0) is 11.3 Å². The number of pyridine rings is 1. The first-order chi connectivity index (χ1) is 12.2. The normalized spacial score (nSPS) is 11.7. The lowest BCUT2D eigenvalue weighted by atomic mass is 9.92. The fraction of sp³-hybridized carbons (Fsp3) is 0.333. The van der Waals surface area contributed by atoms with Gasteiger partial charge in [0.1, 0.15) is 11.6 Å². The molecule has 0 atom stereocenters. The molecule has 0 aliphatic rings. The summed E-state index contributed by atoms with van der Waals surface area (Å²) in [5.41, 5.74) is 3.13. The fourth-order valence-corrected chi connectivity index (χ4v) is 2.94. The van der Waals surface area contributed by atoms with Crippen molar-refractivity contribution in [3.05, 3.63) is 59.5 Å². The molecule has 3 rings (SSSR count). The van der Waals surface area contributed by atoms with Gasteiger partial charge in [0.2, 0.25) is 5.91 Å². The highest BCUT2D eigenvalue weighted by Crippen LogP contribution is 2.24. The highest BCUT2D eigenvalue weighted by atomic mass is 19.1. The number of anilines is 1. The lowest BCUT2D eigenvalue weighted by Crippen LogP contribution is -2.20. The zero-order valence-corrected chi connectivity index (χ0v) is 15.6. The Kier molecular flexibility index (Phi) is 4.81. The van der Waals surface area contributed by atoms with Crippen LogP contribution in [0.15, 0.2) is 42.6 Å². The Hall–Kier alpha value is -2.69. The molecule has 0 saturated carbocycles.